The van der Waals surface area contributed by atoms with Crippen LogP contribution >= 0.6 is 0 Å². The van der Waals surface area contributed by atoms with Gasteiger partial charge in [-0.3, -0.25) is 30.2 Å². The first-order valence-electron chi connectivity index (χ1n) is 8.44. The van der Waals surface area contributed by atoms with Crippen molar-refractivity contribution in [1.29, 1.82) is 0 Å². The van der Waals surface area contributed by atoms with E-state index in [1.54, 1.807) is 18.2 Å². The maximum absolute atomic E-state index is 12.9. The number of carbonyl (C=O) groups excluding carboxylic acids is 3. The van der Waals surface area contributed by atoms with Crippen molar-refractivity contribution in [1.82, 2.24) is 15.8 Å². The molecule has 2 heterocycles. The molecule has 1 aromatic heterocycles. The van der Waals surface area contributed by atoms with Gasteiger partial charge in [-0.2, -0.15) is 0 Å². The number of benzene rings is 2. The van der Waals surface area contributed by atoms with Crippen LogP contribution in [-0.2, 0) is 9.84 Å². The normalized spacial score (nSPS) is 13.7. The van der Waals surface area contributed by atoms with Crippen molar-refractivity contribution in [2.24, 2.45) is 0 Å². The zero-order chi connectivity index (χ0) is 20.6. The third-order valence-electron chi connectivity index (χ3n) is 4.39. The second kappa shape index (κ2) is 6.95. The molecular weight excluding hydrogens is 394 g/mol. The number of fused-ring (bicyclic) bond motifs is 2. The fourth-order valence-electron chi connectivity index (χ4n) is 2.97. The standard InChI is InChI=1S/C20H13N3O5S/c24-18-13-5-1-2-7-16(13)29(27,28)17-11-12(8-9-14(17)18)19(25)22-23-20(26)15-6-3-4-10-21-15/h1-11H,(H,22,25)(H,23,26). The molecule has 0 bridgehead atoms. The van der Waals surface area contributed by atoms with Gasteiger partial charge in [-0.1, -0.05) is 18.2 Å². The van der Waals surface area contributed by atoms with Gasteiger partial charge >= 0.3 is 0 Å². The van der Waals surface area contributed by atoms with E-state index in [0.717, 1.165) is 6.07 Å². The Kier molecular flexibility index (Phi) is 4.44. The summed E-state index contributed by atoms with van der Waals surface area (Å²) in [5.41, 5.74) is 4.58. The van der Waals surface area contributed by atoms with Crippen molar-refractivity contribution in [3.05, 3.63) is 89.2 Å². The number of nitrogens with one attached hydrogen (secondary N) is 2. The lowest BCUT2D eigenvalue weighted by atomic mass is 10.0. The molecule has 144 valence electrons. The number of rotatable bonds is 2. The van der Waals surface area contributed by atoms with E-state index in [9.17, 15) is 22.8 Å². The van der Waals surface area contributed by atoms with Crippen molar-refractivity contribution in [3.63, 3.8) is 0 Å². The lowest BCUT2D eigenvalue weighted by Gasteiger charge is -2.19. The van der Waals surface area contributed by atoms with E-state index < -0.39 is 27.4 Å². The van der Waals surface area contributed by atoms with Gasteiger partial charge in [0.05, 0.1) is 9.79 Å². The van der Waals surface area contributed by atoms with Gasteiger partial charge in [0, 0.05) is 22.9 Å². The number of sulfone groups is 1. The molecule has 1 aliphatic rings. The van der Waals surface area contributed by atoms with Gasteiger partial charge in [0.2, 0.25) is 9.84 Å². The van der Waals surface area contributed by atoms with Gasteiger partial charge < -0.3 is 0 Å². The minimum absolute atomic E-state index is 0.00206. The molecule has 3 aromatic rings. The van der Waals surface area contributed by atoms with Crippen LogP contribution in [0.15, 0.2) is 76.7 Å². The van der Waals surface area contributed by atoms with E-state index in [4.69, 9.17) is 0 Å². The van der Waals surface area contributed by atoms with Gasteiger partial charge in [-0.15, -0.1) is 0 Å². The monoisotopic (exact) mass is 407 g/mol. The summed E-state index contributed by atoms with van der Waals surface area (Å²) in [5.74, 6) is -1.80. The molecule has 0 saturated carbocycles. The van der Waals surface area contributed by atoms with Gasteiger partial charge in [0.25, 0.3) is 11.8 Å². The molecule has 2 amide bonds. The van der Waals surface area contributed by atoms with E-state index >= 15 is 0 Å². The molecule has 0 radical (unpaired) electrons. The van der Waals surface area contributed by atoms with Crippen molar-refractivity contribution in [2.45, 2.75) is 9.79 Å². The fraction of sp³-hybridized carbons (Fsp3) is 0. The Balaban J connectivity index is 1.61. The molecule has 4 rings (SSSR count). The summed E-state index contributed by atoms with van der Waals surface area (Å²) in [7, 11) is -3.96. The Hall–Kier alpha value is -3.85. The molecule has 2 N–H and O–H groups in total. The Morgan fingerprint density at radius 3 is 2.24 bits per heavy atom. The number of amides is 2. The quantitative estimate of drug-likeness (QED) is 0.486. The lowest BCUT2D eigenvalue weighted by molar-refractivity contribution is 0.0844. The maximum atomic E-state index is 12.9. The van der Waals surface area contributed by atoms with Crippen LogP contribution in [-0.4, -0.2) is 31.0 Å². The molecule has 2 aromatic carbocycles. The van der Waals surface area contributed by atoms with Gasteiger partial charge in [0.15, 0.2) is 5.78 Å². The summed E-state index contributed by atoms with van der Waals surface area (Å²) in [6.07, 6.45) is 1.43. The highest BCUT2D eigenvalue weighted by Crippen LogP contribution is 2.34. The topological polar surface area (TPSA) is 122 Å². The molecule has 0 atom stereocenters. The van der Waals surface area contributed by atoms with Crippen molar-refractivity contribution >= 4 is 27.4 Å². The molecule has 0 fully saturated rings. The Labute approximate surface area is 165 Å². The first kappa shape index (κ1) is 18.5. The molecular formula is C20H13N3O5S. The second-order valence-corrected chi connectivity index (χ2v) is 8.05. The average Bonchev–Trinajstić information content (AvgIpc) is 2.76. The summed E-state index contributed by atoms with van der Waals surface area (Å²) in [6.45, 7) is 0. The van der Waals surface area contributed by atoms with E-state index in [0.29, 0.717) is 0 Å². The summed E-state index contributed by atoms with van der Waals surface area (Å²) < 4.78 is 25.8. The molecule has 0 aliphatic carbocycles. The smallest absolute Gasteiger partial charge is 0.288 e. The molecule has 29 heavy (non-hydrogen) atoms. The number of aromatic nitrogens is 1. The van der Waals surface area contributed by atoms with Crippen molar-refractivity contribution < 1.29 is 22.8 Å². The van der Waals surface area contributed by atoms with E-state index in [2.05, 4.69) is 15.8 Å². The first-order valence-corrected chi connectivity index (χ1v) is 9.92. The fourth-order valence-corrected chi connectivity index (χ4v) is 4.65. The zero-order valence-electron chi connectivity index (χ0n) is 14.7. The van der Waals surface area contributed by atoms with E-state index in [1.807, 2.05) is 0 Å². The molecule has 0 spiro atoms. The minimum atomic E-state index is -3.96. The van der Waals surface area contributed by atoms with Crippen LogP contribution in [0.5, 0.6) is 0 Å². The number of pyridine rings is 1. The number of hydrazine groups is 1. The highest BCUT2D eigenvalue weighted by Gasteiger charge is 2.35. The third-order valence-corrected chi connectivity index (χ3v) is 6.24. The number of ketones is 1. The molecule has 8 nitrogen and oxygen atoms in total. The molecule has 9 heteroatoms. The van der Waals surface area contributed by atoms with Crippen LogP contribution in [0.3, 0.4) is 0 Å². The average molecular weight is 407 g/mol. The van der Waals surface area contributed by atoms with Crippen LogP contribution < -0.4 is 10.9 Å². The van der Waals surface area contributed by atoms with Gasteiger partial charge in [-0.05, 0) is 42.5 Å². The Bertz CT molecular complexity index is 1270. The van der Waals surface area contributed by atoms with Gasteiger partial charge in [-0.25, -0.2) is 8.42 Å². The predicted octanol–water partition coefficient (Wildman–Crippen LogP) is 1.53. The maximum Gasteiger partial charge on any atom is 0.288 e. The van der Waals surface area contributed by atoms with Gasteiger partial charge in [0.1, 0.15) is 5.69 Å². The second-order valence-electron chi connectivity index (χ2n) is 6.16. The molecule has 1 aliphatic heterocycles. The Morgan fingerprint density at radius 1 is 0.793 bits per heavy atom. The van der Waals surface area contributed by atoms with Crippen molar-refractivity contribution in [2.75, 3.05) is 0 Å². The number of carbonyl (C=O) groups is 3. The SMILES string of the molecule is O=C(NNC(=O)c1ccccn1)c1ccc2c(c1)S(=O)(=O)c1ccccc1C2=O. The Morgan fingerprint density at radius 2 is 1.48 bits per heavy atom. The number of hydrogen-bond acceptors (Lipinski definition) is 6. The summed E-state index contributed by atoms with van der Waals surface area (Å²) >= 11 is 0. The van der Waals surface area contributed by atoms with Crippen LogP contribution in [0, 0.1) is 0 Å². The van der Waals surface area contributed by atoms with Crippen LogP contribution in [0.1, 0.15) is 36.8 Å². The largest absolute Gasteiger partial charge is 0.289 e. The highest BCUT2D eigenvalue weighted by atomic mass is 32.2. The summed E-state index contributed by atoms with van der Waals surface area (Å²) in [4.78, 5) is 40.5. The number of hydrogen-bond donors (Lipinski definition) is 2. The highest BCUT2D eigenvalue weighted by molar-refractivity contribution is 7.91. The molecule has 0 unspecified atom stereocenters. The van der Waals surface area contributed by atoms with Crippen LogP contribution in [0.2, 0.25) is 0 Å². The minimum Gasteiger partial charge on any atom is -0.289 e. The van der Waals surface area contributed by atoms with E-state index in [1.165, 1.54) is 42.6 Å². The first-order chi connectivity index (χ1) is 13.9. The third kappa shape index (κ3) is 3.17. The summed E-state index contributed by atoms with van der Waals surface area (Å²) in [6, 6.07) is 14.4. The van der Waals surface area contributed by atoms with Crippen LogP contribution in [0.4, 0.5) is 0 Å². The lowest BCUT2D eigenvalue weighted by Crippen LogP contribution is -2.42. The zero-order valence-corrected chi connectivity index (χ0v) is 15.6. The molecule has 0 saturated heterocycles. The number of nitrogens with zero attached hydrogens (tertiary/aromatic N) is 1. The summed E-state index contributed by atoms with van der Waals surface area (Å²) in [5, 5.41) is 0. The van der Waals surface area contributed by atoms with Crippen molar-refractivity contribution in [3.8, 4) is 0 Å². The predicted molar refractivity (Wildman–Crippen MR) is 101 cm³/mol. The van der Waals surface area contributed by atoms with Crippen LogP contribution in [0.25, 0.3) is 0 Å². The van der Waals surface area contributed by atoms with E-state index in [-0.39, 0.29) is 32.2 Å².